The van der Waals surface area contributed by atoms with Crippen LogP contribution >= 0.6 is 0 Å². The fourth-order valence-electron chi connectivity index (χ4n) is 3.07. The third-order valence-electron chi connectivity index (χ3n) is 4.65. The van der Waals surface area contributed by atoms with Gasteiger partial charge in [0, 0.05) is 32.7 Å². The topological polar surface area (TPSA) is 59.1 Å². The van der Waals surface area contributed by atoms with Gasteiger partial charge in [0.25, 0.3) is 5.91 Å². The molecule has 1 aliphatic heterocycles. The highest BCUT2D eigenvalue weighted by Crippen LogP contribution is 2.10. The van der Waals surface area contributed by atoms with Gasteiger partial charge in [0.05, 0.1) is 13.0 Å². The van der Waals surface area contributed by atoms with Gasteiger partial charge in [-0.15, -0.1) is 0 Å². The van der Waals surface area contributed by atoms with E-state index in [2.05, 4.69) is 17.0 Å². The minimum absolute atomic E-state index is 0.118. The van der Waals surface area contributed by atoms with E-state index in [9.17, 15) is 9.59 Å². The Morgan fingerprint density at radius 3 is 2.18 bits per heavy atom. The molecular weight excluding hydrogens is 356 g/mol. The van der Waals surface area contributed by atoms with Gasteiger partial charge in [-0.25, -0.2) is 0 Å². The van der Waals surface area contributed by atoms with E-state index in [1.807, 2.05) is 48.5 Å². The summed E-state index contributed by atoms with van der Waals surface area (Å²) in [6.07, 6.45) is 0.118. The number of amides is 1. The van der Waals surface area contributed by atoms with Crippen LogP contribution in [0.15, 0.2) is 60.7 Å². The van der Waals surface area contributed by atoms with Gasteiger partial charge in [0.1, 0.15) is 5.75 Å². The van der Waals surface area contributed by atoms with Crippen molar-refractivity contribution in [2.24, 2.45) is 0 Å². The molecular formula is C22H26N2O4. The molecule has 1 amide bonds. The number of hydrogen-bond donors (Lipinski definition) is 0. The molecule has 0 saturated carbocycles. The average Bonchev–Trinajstić information content (AvgIpc) is 2.74. The molecule has 0 aliphatic carbocycles. The minimum atomic E-state index is -0.424. The van der Waals surface area contributed by atoms with Crippen LogP contribution in [-0.4, -0.2) is 61.1 Å². The summed E-state index contributed by atoms with van der Waals surface area (Å²) in [4.78, 5) is 28.1. The summed E-state index contributed by atoms with van der Waals surface area (Å²) in [5, 5.41) is 0. The van der Waals surface area contributed by atoms with Crippen molar-refractivity contribution < 1.29 is 19.1 Å². The molecule has 0 bridgehead atoms. The van der Waals surface area contributed by atoms with E-state index in [-0.39, 0.29) is 25.5 Å². The van der Waals surface area contributed by atoms with Crippen LogP contribution in [-0.2, 0) is 20.9 Å². The second-order valence-electron chi connectivity index (χ2n) is 6.71. The normalized spacial score (nSPS) is 14.5. The summed E-state index contributed by atoms with van der Waals surface area (Å²) >= 11 is 0. The molecule has 148 valence electrons. The van der Waals surface area contributed by atoms with Crippen molar-refractivity contribution in [3.8, 4) is 5.75 Å². The molecule has 28 heavy (non-hydrogen) atoms. The Hall–Kier alpha value is -2.86. The van der Waals surface area contributed by atoms with Gasteiger partial charge in [-0.05, 0) is 17.7 Å². The highest BCUT2D eigenvalue weighted by molar-refractivity contribution is 5.80. The summed E-state index contributed by atoms with van der Waals surface area (Å²) in [5.41, 5.74) is 1.27. The maximum absolute atomic E-state index is 12.3. The first-order valence-electron chi connectivity index (χ1n) is 9.58. The predicted molar refractivity (Wildman–Crippen MR) is 106 cm³/mol. The molecule has 1 heterocycles. The molecule has 0 spiro atoms. The van der Waals surface area contributed by atoms with Crippen molar-refractivity contribution >= 4 is 11.9 Å². The quantitative estimate of drug-likeness (QED) is 0.656. The highest BCUT2D eigenvalue weighted by atomic mass is 16.5. The van der Waals surface area contributed by atoms with Crippen LogP contribution in [0.2, 0.25) is 0 Å². The van der Waals surface area contributed by atoms with E-state index in [0.29, 0.717) is 18.8 Å². The largest absolute Gasteiger partial charge is 0.493 e. The summed E-state index contributed by atoms with van der Waals surface area (Å²) < 4.78 is 10.6. The van der Waals surface area contributed by atoms with E-state index in [1.54, 1.807) is 4.90 Å². The van der Waals surface area contributed by atoms with Crippen LogP contribution in [0.1, 0.15) is 12.0 Å². The minimum Gasteiger partial charge on any atom is -0.493 e. The number of carbonyl (C=O) groups excluding carboxylic acids is 2. The number of hydrogen-bond acceptors (Lipinski definition) is 5. The van der Waals surface area contributed by atoms with E-state index < -0.39 is 5.97 Å². The number of rotatable bonds is 8. The van der Waals surface area contributed by atoms with Crippen LogP contribution in [0, 0.1) is 0 Å². The predicted octanol–water partition coefficient (Wildman–Crippen LogP) is 2.34. The number of carbonyl (C=O) groups is 2. The van der Waals surface area contributed by atoms with Crippen molar-refractivity contribution in [1.29, 1.82) is 0 Å². The first kappa shape index (κ1) is 19.9. The number of piperazine rings is 1. The first-order chi connectivity index (χ1) is 13.7. The molecule has 0 unspecified atom stereocenters. The van der Waals surface area contributed by atoms with Gasteiger partial charge in [-0.1, -0.05) is 48.5 Å². The smallest absolute Gasteiger partial charge is 0.309 e. The SMILES string of the molecule is O=C(CCOc1ccccc1)OCC(=O)N1CCN(Cc2ccccc2)CC1. The summed E-state index contributed by atoms with van der Waals surface area (Å²) in [6.45, 7) is 3.86. The Labute approximate surface area is 165 Å². The van der Waals surface area contributed by atoms with Gasteiger partial charge >= 0.3 is 5.97 Å². The lowest BCUT2D eigenvalue weighted by Gasteiger charge is -2.34. The van der Waals surface area contributed by atoms with Crippen LogP contribution < -0.4 is 4.74 Å². The average molecular weight is 382 g/mol. The summed E-state index contributed by atoms with van der Waals surface area (Å²) in [5.74, 6) is 0.142. The van der Waals surface area contributed by atoms with Gasteiger partial charge in [-0.3, -0.25) is 14.5 Å². The lowest BCUT2D eigenvalue weighted by Crippen LogP contribution is -2.49. The fraction of sp³-hybridized carbons (Fsp3) is 0.364. The maximum atomic E-state index is 12.3. The van der Waals surface area contributed by atoms with Crippen molar-refractivity contribution in [1.82, 2.24) is 9.80 Å². The third kappa shape index (κ3) is 6.39. The van der Waals surface area contributed by atoms with Crippen LogP contribution in [0.5, 0.6) is 5.75 Å². The maximum Gasteiger partial charge on any atom is 0.309 e. The van der Waals surface area contributed by atoms with Crippen molar-refractivity contribution in [3.63, 3.8) is 0 Å². The zero-order valence-corrected chi connectivity index (χ0v) is 16.0. The summed E-state index contributed by atoms with van der Waals surface area (Å²) in [6, 6.07) is 19.6. The van der Waals surface area contributed by atoms with Gasteiger partial charge in [0.15, 0.2) is 6.61 Å². The second-order valence-corrected chi connectivity index (χ2v) is 6.71. The molecule has 1 fully saturated rings. The lowest BCUT2D eigenvalue weighted by molar-refractivity contribution is -0.153. The molecule has 2 aromatic rings. The number of para-hydroxylation sites is 1. The number of benzene rings is 2. The van der Waals surface area contributed by atoms with Gasteiger partial charge in [0.2, 0.25) is 0 Å². The van der Waals surface area contributed by atoms with E-state index in [0.717, 1.165) is 19.6 Å². The molecule has 6 nitrogen and oxygen atoms in total. The van der Waals surface area contributed by atoms with Crippen molar-refractivity contribution in [2.45, 2.75) is 13.0 Å². The first-order valence-corrected chi connectivity index (χ1v) is 9.58. The molecule has 0 N–H and O–H groups in total. The summed E-state index contributed by atoms with van der Waals surface area (Å²) in [7, 11) is 0. The molecule has 2 aromatic carbocycles. The zero-order chi connectivity index (χ0) is 19.6. The standard InChI is InChI=1S/C22H26N2O4/c25-21(18-28-22(26)11-16-27-20-9-5-2-6-10-20)24-14-12-23(13-15-24)17-19-7-3-1-4-8-19/h1-10H,11-18H2. The Bertz CT molecular complexity index is 744. The highest BCUT2D eigenvalue weighted by Gasteiger charge is 2.22. The molecule has 1 saturated heterocycles. The third-order valence-corrected chi connectivity index (χ3v) is 4.65. The van der Waals surface area contributed by atoms with E-state index >= 15 is 0 Å². The Kier molecular flexibility index (Phi) is 7.44. The van der Waals surface area contributed by atoms with Crippen LogP contribution in [0.4, 0.5) is 0 Å². The van der Waals surface area contributed by atoms with E-state index in [1.165, 1.54) is 5.56 Å². The van der Waals surface area contributed by atoms with Crippen molar-refractivity contribution in [3.05, 3.63) is 66.2 Å². The van der Waals surface area contributed by atoms with Crippen LogP contribution in [0.3, 0.4) is 0 Å². The lowest BCUT2D eigenvalue weighted by atomic mass is 10.2. The molecule has 6 heteroatoms. The van der Waals surface area contributed by atoms with Crippen molar-refractivity contribution in [2.75, 3.05) is 39.4 Å². The molecule has 0 atom stereocenters. The molecule has 0 radical (unpaired) electrons. The zero-order valence-electron chi connectivity index (χ0n) is 16.0. The number of esters is 1. The number of ether oxygens (including phenoxy) is 2. The number of nitrogens with zero attached hydrogens (tertiary/aromatic N) is 2. The second kappa shape index (κ2) is 10.5. The Morgan fingerprint density at radius 2 is 1.50 bits per heavy atom. The Balaban J connectivity index is 1.30. The Morgan fingerprint density at radius 1 is 0.857 bits per heavy atom. The van der Waals surface area contributed by atoms with Crippen LogP contribution in [0.25, 0.3) is 0 Å². The van der Waals surface area contributed by atoms with Gasteiger partial charge in [-0.2, -0.15) is 0 Å². The monoisotopic (exact) mass is 382 g/mol. The molecule has 1 aliphatic rings. The van der Waals surface area contributed by atoms with E-state index in [4.69, 9.17) is 9.47 Å². The molecule has 3 rings (SSSR count). The molecule has 0 aromatic heterocycles. The fourth-order valence-corrected chi connectivity index (χ4v) is 3.07. The van der Waals surface area contributed by atoms with Gasteiger partial charge < -0.3 is 14.4 Å².